The number of halogens is 1. The molecule has 17 heavy (non-hydrogen) atoms. The molecule has 1 saturated heterocycles. The number of benzene rings is 1. The fourth-order valence-corrected chi connectivity index (χ4v) is 2.62. The molecular formula is C14H21FN2. The number of hydrogen-bond acceptors (Lipinski definition) is 2. The zero-order valence-electron chi connectivity index (χ0n) is 10.4. The van der Waals surface area contributed by atoms with Crippen LogP contribution in [0.2, 0.25) is 0 Å². The monoisotopic (exact) mass is 236 g/mol. The van der Waals surface area contributed by atoms with E-state index < -0.39 is 0 Å². The predicted octanol–water partition coefficient (Wildman–Crippen LogP) is 2.56. The van der Waals surface area contributed by atoms with Crippen molar-refractivity contribution in [2.24, 2.45) is 11.7 Å². The highest BCUT2D eigenvalue weighted by Gasteiger charge is 2.23. The van der Waals surface area contributed by atoms with Crippen molar-refractivity contribution in [3.63, 3.8) is 0 Å². The third-order valence-corrected chi connectivity index (χ3v) is 3.76. The van der Waals surface area contributed by atoms with Crippen molar-refractivity contribution in [2.75, 3.05) is 19.6 Å². The molecular weight excluding hydrogens is 215 g/mol. The lowest BCUT2D eigenvalue weighted by Crippen LogP contribution is -2.39. The molecule has 1 heterocycles. The van der Waals surface area contributed by atoms with Crippen LogP contribution in [0.15, 0.2) is 24.3 Å². The molecule has 0 radical (unpaired) electrons. The summed E-state index contributed by atoms with van der Waals surface area (Å²) in [5.41, 5.74) is 6.80. The molecule has 0 aromatic heterocycles. The quantitative estimate of drug-likeness (QED) is 0.874. The van der Waals surface area contributed by atoms with Gasteiger partial charge in [-0.1, -0.05) is 12.1 Å². The van der Waals surface area contributed by atoms with E-state index in [9.17, 15) is 4.39 Å². The van der Waals surface area contributed by atoms with E-state index in [4.69, 9.17) is 5.73 Å². The van der Waals surface area contributed by atoms with Gasteiger partial charge in [-0.3, -0.25) is 4.90 Å². The Morgan fingerprint density at radius 3 is 3.06 bits per heavy atom. The van der Waals surface area contributed by atoms with Gasteiger partial charge in [-0.15, -0.1) is 0 Å². The van der Waals surface area contributed by atoms with E-state index in [1.165, 1.54) is 18.9 Å². The summed E-state index contributed by atoms with van der Waals surface area (Å²) in [5, 5.41) is 0. The van der Waals surface area contributed by atoms with Gasteiger partial charge in [-0.05, 0) is 56.5 Å². The molecule has 2 nitrogen and oxygen atoms in total. The SMILES string of the molecule is CC(c1cccc(F)c1)N1CCCC(CN)C1. The molecule has 2 atom stereocenters. The minimum atomic E-state index is -0.151. The minimum Gasteiger partial charge on any atom is -0.330 e. The van der Waals surface area contributed by atoms with Crippen LogP contribution in [-0.4, -0.2) is 24.5 Å². The van der Waals surface area contributed by atoms with Crippen molar-refractivity contribution in [3.05, 3.63) is 35.6 Å². The number of rotatable bonds is 3. The van der Waals surface area contributed by atoms with E-state index in [1.54, 1.807) is 12.1 Å². The fourth-order valence-electron chi connectivity index (χ4n) is 2.62. The topological polar surface area (TPSA) is 29.3 Å². The van der Waals surface area contributed by atoms with Gasteiger partial charge < -0.3 is 5.73 Å². The number of piperidine rings is 1. The number of nitrogens with zero attached hydrogens (tertiary/aromatic N) is 1. The maximum atomic E-state index is 13.2. The van der Waals surface area contributed by atoms with E-state index >= 15 is 0 Å². The standard InChI is InChI=1S/C14H21FN2/c1-11(13-5-2-6-14(15)8-13)17-7-3-4-12(9-16)10-17/h2,5-6,8,11-12H,3-4,7,9-10,16H2,1H3. The molecule has 0 aliphatic carbocycles. The third kappa shape index (κ3) is 3.05. The molecule has 1 aromatic rings. The molecule has 3 heteroatoms. The Kier molecular flexibility index (Phi) is 4.13. The van der Waals surface area contributed by atoms with E-state index in [-0.39, 0.29) is 11.9 Å². The van der Waals surface area contributed by atoms with Gasteiger partial charge in [0.2, 0.25) is 0 Å². The van der Waals surface area contributed by atoms with Crippen molar-refractivity contribution >= 4 is 0 Å². The van der Waals surface area contributed by atoms with E-state index in [1.807, 2.05) is 6.07 Å². The van der Waals surface area contributed by atoms with Gasteiger partial charge >= 0.3 is 0 Å². The molecule has 1 aromatic carbocycles. The largest absolute Gasteiger partial charge is 0.330 e. The molecule has 2 N–H and O–H groups in total. The Balaban J connectivity index is 2.06. The van der Waals surface area contributed by atoms with Crippen LogP contribution in [0, 0.1) is 11.7 Å². The van der Waals surface area contributed by atoms with Gasteiger partial charge in [-0.2, -0.15) is 0 Å². The second-order valence-corrected chi connectivity index (χ2v) is 4.97. The van der Waals surface area contributed by atoms with Crippen LogP contribution in [0.3, 0.4) is 0 Å². The molecule has 94 valence electrons. The Bertz CT molecular complexity index is 367. The van der Waals surface area contributed by atoms with Crippen molar-refractivity contribution in [2.45, 2.75) is 25.8 Å². The van der Waals surface area contributed by atoms with Crippen LogP contribution in [-0.2, 0) is 0 Å². The molecule has 0 spiro atoms. The lowest BCUT2D eigenvalue weighted by atomic mass is 9.95. The number of hydrogen-bond donors (Lipinski definition) is 1. The van der Waals surface area contributed by atoms with Gasteiger partial charge in [0.1, 0.15) is 5.82 Å². The molecule has 0 amide bonds. The van der Waals surface area contributed by atoms with Crippen LogP contribution in [0.5, 0.6) is 0 Å². The average molecular weight is 236 g/mol. The van der Waals surface area contributed by atoms with Crippen molar-refractivity contribution in [1.29, 1.82) is 0 Å². The summed E-state index contributed by atoms with van der Waals surface area (Å²) in [7, 11) is 0. The number of likely N-dealkylation sites (tertiary alicyclic amines) is 1. The van der Waals surface area contributed by atoms with Gasteiger partial charge in [0.05, 0.1) is 0 Å². The maximum absolute atomic E-state index is 13.2. The van der Waals surface area contributed by atoms with Crippen molar-refractivity contribution < 1.29 is 4.39 Å². The predicted molar refractivity (Wildman–Crippen MR) is 68.2 cm³/mol. The molecule has 2 unspecified atom stereocenters. The number of nitrogens with two attached hydrogens (primary N) is 1. The summed E-state index contributed by atoms with van der Waals surface area (Å²) in [6.07, 6.45) is 2.42. The fraction of sp³-hybridized carbons (Fsp3) is 0.571. The molecule has 0 saturated carbocycles. The van der Waals surface area contributed by atoms with E-state index in [2.05, 4.69) is 11.8 Å². The Hall–Kier alpha value is -0.930. The summed E-state index contributed by atoms with van der Waals surface area (Å²) in [4.78, 5) is 2.41. The summed E-state index contributed by atoms with van der Waals surface area (Å²) >= 11 is 0. The first-order valence-electron chi connectivity index (χ1n) is 6.40. The average Bonchev–Trinajstić information content (AvgIpc) is 2.38. The van der Waals surface area contributed by atoms with Crippen molar-refractivity contribution in [1.82, 2.24) is 4.90 Å². The first-order valence-corrected chi connectivity index (χ1v) is 6.40. The van der Waals surface area contributed by atoms with Crippen LogP contribution in [0.25, 0.3) is 0 Å². The molecule has 1 aliphatic heterocycles. The van der Waals surface area contributed by atoms with Crippen LogP contribution in [0.4, 0.5) is 4.39 Å². The smallest absolute Gasteiger partial charge is 0.123 e. The van der Waals surface area contributed by atoms with Crippen molar-refractivity contribution in [3.8, 4) is 0 Å². The van der Waals surface area contributed by atoms with Crippen LogP contribution >= 0.6 is 0 Å². The molecule has 0 bridgehead atoms. The zero-order chi connectivity index (χ0) is 12.3. The van der Waals surface area contributed by atoms with Gasteiger partial charge in [-0.25, -0.2) is 4.39 Å². The third-order valence-electron chi connectivity index (χ3n) is 3.76. The maximum Gasteiger partial charge on any atom is 0.123 e. The van der Waals surface area contributed by atoms with Gasteiger partial charge in [0.25, 0.3) is 0 Å². The lowest BCUT2D eigenvalue weighted by molar-refractivity contribution is 0.134. The van der Waals surface area contributed by atoms with E-state index in [0.717, 1.165) is 25.2 Å². The van der Waals surface area contributed by atoms with E-state index in [0.29, 0.717) is 5.92 Å². The lowest BCUT2D eigenvalue weighted by Gasteiger charge is -2.36. The first kappa shape index (κ1) is 12.5. The molecule has 1 fully saturated rings. The first-order chi connectivity index (χ1) is 8.20. The van der Waals surface area contributed by atoms with Crippen LogP contribution < -0.4 is 5.73 Å². The molecule has 1 aliphatic rings. The van der Waals surface area contributed by atoms with Gasteiger partial charge in [0, 0.05) is 12.6 Å². The van der Waals surface area contributed by atoms with Crippen LogP contribution in [0.1, 0.15) is 31.4 Å². The highest BCUT2D eigenvalue weighted by Crippen LogP contribution is 2.26. The van der Waals surface area contributed by atoms with Gasteiger partial charge in [0.15, 0.2) is 0 Å². The summed E-state index contributed by atoms with van der Waals surface area (Å²) in [6.45, 7) is 5.03. The highest BCUT2D eigenvalue weighted by molar-refractivity contribution is 5.19. The Labute approximate surface area is 103 Å². The summed E-state index contributed by atoms with van der Waals surface area (Å²) in [5.74, 6) is 0.446. The zero-order valence-corrected chi connectivity index (χ0v) is 10.4. The Morgan fingerprint density at radius 1 is 1.53 bits per heavy atom. The highest BCUT2D eigenvalue weighted by atomic mass is 19.1. The summed E-state index contributed by atoms with van der Waals surface area (Å²) in [6, 6.07) is 7.19. The normalized spacial score (nSPS) is 23.6. The summed E-state index contributed by atoms with van der Waals surface area (Å²) < 4.78 is 13.2. The second kappa shape index (κ2) is 5.61. The minimum absolute atomic E-state index is 0.151. The second-order valence-electron chi connectivity index (χ2n) is 4.97. The molecule has 2 rings (SSSR count). The Morgan fingerprint density at radius 2 is 2.35 bits per heavy atom.